The van der Waals surface area contributed by atoms with Crippen molar-refractivity contribution in [2.45, 2.75) is 33.4 Å². The molecule has 0 fully saturated rings. The molecule has 0 amide bonds. The van der Waals surface area contributed by atoms with Crippen LogP contribution >= 0.6 is 0 Å². The van der Waals surface area contributed by atoms with Gasteiger partial charge in [-0.1, -0.05) is 19.9 Å². The monoisotopic (exact) mass is 236 g/mol. The third kappa shape index (κ3) is 3.63. The summed E-state index contributed by atoms with van der Waals surface area (Å²) >= 11 is 0. The van der Waals surface area contributed by atoms with Crippen LogP contribution < -0.4 is 10.5 Å². The topological polar surface area (TPSA) is 38.5 Å². The summed E-state index contributed by atoms with van der Waals surface area (Å²) < 4.78 is 5.15. The predicted molar refractivity (Wildman–Crippen MR) is 73.2 cm³/mol. The molecular formula is C14H24N2O. The standard InChI is InChI=1S/C14H24N2O/c1-10(2)11(3)16(4)9-12-6-7-13(17-5)8-14(12)15/h6-8,10-11H,9,15H2,1-5H3. The van der Waals surface area contributed by atoms with Crippen molar-refractivity contribution in [1.82, 2.24) is 4.90 Å². The summed E-state index contributed by atoms with van der Waals surface area (Å²) in [7, 11) is 3.79. The van der Waals surface area contributed by atoms with Gasteiger partial charge in [-0.3, -0.25) is 4.90 Å². The van der Waals surface area contributed by atoms with Crippen molar-refractivity contribution >= 4 is 5.69 Å². The Morgan fingerprint density at radius 1 is 1.29 bits per heavy atom. The highest BCUT2D eigenvalue weighted by molar-refractivity contribution is 5.51. The SMILES string of the molecule is COc1ccc(CN(C)C(C)C(C)C)c(N)c1. The van der Waals surface area contributed by atoms with E-state index in [1.54, 1.807) is 7.11 Å². The summed E-state index contributed by atoms with van der Waals surface area (Å²) in [6.07, 6.45) is 0. The molecule has 1 aromatic rings. The number of anilines is 1. The van der Waals surface area contributed by atoms with Gasteiger partial charge in [-0.2, -0.15) is 0 Å². The van der Waals surface area contributed by atoms with E-state index in [1.807, 2.05) is 18.2 Å². The molecule has 0 radical (unpaired) electrons. The quantitative estimate of drug-likeness (QED) is 0.799. The van der Waals surface area contributed by atoms with Crippen LogP contribution in [0.2, 0.25) is 0 Å². The first-order valence-electron chi connectivity index (χ1n) is 6.08. The molecule has 0 bridgehead atoms. The predicted octanol–water partition coefficient (Wildman–Crippen LogP) is 2.75. The molecular weight excluding hydrogens is 212 g/mol. The highest BCUT2D eigenvalue weighted by atomic mass is 16.5. The van der Waals surface area contributed by atoms with Crippen LogP contribution in [-0.2, 0) is 6.54 Å². The van der Waals surface area contributed by atoms with Crippen LogP contribution in [0.15, 0.2) is 18.2 Å². The summed E-state index contributed by atoms with van der Waals surface area (Å²) in [4.78, 5) is 2.32. The van der Waals surface area contributed by atoms with E-state index >= 15 is 0 Å². The number of ether oxygens (including phenoxy) is 1. The Morgan fingerprint density at radius 2 is 1.94 bits per heavy atom. The van der Waals surface area contributed by atoms with Gasteiger partial charge in [0.15, 0.2) is 0 Å². The van der Waals surface area contributed by atoms with Crippen LogP contribution in [-0.4, -0.2) is 25.1 Å². The molecule has 2 N–H and O–H groups in total. The molecule has 0 aliphatic heterocycles. The number of hydrogen-bond donors (Lipinski definition) is 1. The van der Waals surface area contributed by atoms with Gasteiger partial charge in [-0.15, -0.1) is 0 Å². The third-order valence-corrected chi connectivity index (χ3v) is 3.43. The minimum atomic E-state index is 0.538. The number of nitrogen functional groups attached to an aromatic ring is 1. The van der Waals surface area contributed by atoms with Crippen molar-refractivity contribution in [3.63, 3.8) is 0 Å². The van der Waals surface area contributed by atoms with Crippen molar-refractivity contribution in [3.8, 4) is 5.75 Å². The Bertz CT molecular complexity index is 363. The largest absolute Gasteiger partial charge is 0.497 e. The van der Waals surface area contributed by atoms with Crippen LogP contribution in [0.25, 0.3) is 0 Å². The van der Waals surface area contributed by atoms with Crippen LogP contribution in [0.4, 0.5) is 5.69 Å². The van der Waals surface area contributed by atoms with Crippen molar-refractivity contribution in [3.05, 3.63) is 23.8 Å². The molecule has 1 unspecified atom stereocenters. The van der Waals surface area contributed by atoms with Crippen molar-refractivity contribution in [2.75, 3.05) is 19.9 Å². The summed E-state index contributed by atoms with van der Waals surface area (Å²) in [5, 5.41) is 0. The zero-order chi connectivity index (χ0) is 13.0. The molecule has 3 heteroatoms. The van der Waals surface area contributed by atoms with Gasteiger partial charge in [0.05, 0.1) is 7.11 Å². The van der Waals surface area contributed by atoms with E-state index in [2.05, 4.69) is 32.7 Å². The molecule has 3 nitrogen and oxygen atoms in total. The fourth-order valence-electron chi connectivity index (χ4n) is 1.77. The maximum atomic E-state index is 6.01. The summed E-state index contributed by atoms with van der Waals surface area (Å²) in [5.41, 5.74) is 7.97. The average Bonchev–Trinajstić information content (AvgIpc) is 2.30. The molecule has 0 spiro atoms. The number of nitrogens with zero attached hydrogens (tertiary/aromatic N) is 1. The highest BCUT2D eigenvalue weighted by Gasteiger charge is 2.14. The van der Waals surface area contributed by atoms with Gasteiger partial charge in [0, 0.05) is 24.3 Å². The van der Waals surface area contributed by atoms with Crippen molar-refractivity contribution in [1.29, 1.82) is 0 Å². The van der Waals surface area contributed by atoms with E-state index in [1.165, 1.54) is 0 Å². The second kappa shape index (κ2) is 5.92. The molecule has 0 aliphatic carbocycles. The number of methoxy groups -OCH3 is 1. The van der Waals surface area contributed by atoms with Gasteiger partial charge in [-0.25, -0.2) is 0 Å². The zero-order valence-corrected chi connectivity index (χ0v) is 11.5. The molecule has 1 rings (SSSR count). The lowest BCUT2D eigenvalue weighted by atomic mass is 10.0. The summed E-state index contributed by atoms with van der Waals surface area (Å²) in [6.45, 7) is 7.58. The van der Waals surface area contributed by atoms with Crippen LogP contribution in [0.3, 0.4) is 0 Å². The van der Waals surface area contributed by atoms with Gasteiger partial charge < -0.3 is 10.5 Å². The Morgan fingerprint density at radius 3 is 2.41 bits per heavy atom. The first-order chi connectivity index (χ1) is 7.95. The van der Waals surface area contributed by atoms with E-state index in [4.69, 9.17) is 10.5 Å². The Kier molecular flexibility index (Phi) is 4.82. The van der Waals surface area contributed by atoms with Gasteiger partial charge in [-0.05, 0) is 31.5 Å². The molecule has 96 valence electrons. The highest BCUT2D eigenvalue weighted by Crippen LogP contribution is 2.22. The molecule has 0 heterocycles. The fourth-order valence-corrected chi connectivity index (χ4v) is 1.77. The lowest BCUT2D eigenvalue weighted by Gasteiger charge is -2.28. The minimum absolute atomic E-state index is 0.538. The molecule has 0 aliphatic rings. The normalized spacial score (nSPS) is 13.1. The Hall–Kier alpha value is -1.22. The van der Waals surface area contributed by atoms with Crippen LogP contribution in [0, 0.1) is 5.92 Å². The average molecular weight is 236 g/mol. The second-order valence-corrected chi connectivity index (χ2v) is 4.96. The van der Waals surface area contributed by atoms with E-state index < -0.39 is 0 Å². The maximum absolute atomic E-state index is 6.01. The summed E-state index contributed by atoms with van der Waals surface area (Å²) in [5.74, 6) is 1.45. The van der Waals surface area contributed by atoms with Crippen molar-refractivity contribution in [2.24, 2.45) is 5.92 Å². The number of nitrogens with two attached hydrogens (primary N) is 1. The lowest BCUT2D eigenvalue weighted by molar-refractivity contribution is 0.201. The number of hydrogen-bond acceptors (Lipinski definition) is 3. The smallest absolute Gasteiger partial charge is 0.120 e. The first-order valence-corrected chi connectivity index (χ1v) is 6.08. The molecule has 0 saturated carbocycles. The molecule has 17 heavy (non-hydrogen) atoms. The maximum Gasteiger partial charge on any atom is 0.120 e. The van der Waals surface area contributed by atoms with Crippen LogP contribution in [0.1, 0.15) is 26.3 Å². The Balaban J connectivity index is 2.75. The van der Waals surface area contributed by atoms with E-state index in [0.717, 1.165) is 23.5 Å². The van der Waals surface area contributed by atoms with Gasteiger partial charge in [0.1, 0.15) is 5.75 Å². The van der Waals surface area contributed by atoms with Crippen molar-refractivity contribution < 1.29 is 4.74 Å². The number of rotatable bonds is 5. The lowest BCUT2D eigenvalue weighted by Crippen LogP contribution is -2.32. The Labute approximate surface area is 105 Å². The van der Waals surface area contributed by atoms with Gasteiger partial charge >= 0.3 is 0 Å². The van der Waals surface area contributed by atoms with E-state index in [9.17, 15) is 0 Å². The van der Waals surface area contributed by atoms with E-state index in [0.29, 0.717) is 12.0 Å². The molecule has 0 saturated heterocycles. The minimum Gasteiger partial charge on any atom is -0.497 e. The third-order valence-electron chi connectivity index (χ3n) is 3.43. The molecule has 0 aromatic heterocycles. The first kappa shape index (κ1) is 13.8. The fraction of sp³-hybridized carbons (Fsp3) is 0.571. The molecule has 1 atom stereocenters. The van der Waals surface area contributed by atoms with Crippen LogP contribution in [0.5, 0.6) is 5.75 Å². The van der Waals surface area contributed by atoms with E-state index in [-0.39, 0.29) is 0 Å². The molecule has 1 aromatic carbocycles. The van der Waals surface area contributed by atoms with Gasteiger partial charge in [0.25, 0.3) is 0 Å². The second-order valence-electron chi connectivity index (χ2n) is 4.96. The summed E-state index contributed by atoms with van der Waals surface area (Å²) in [6, 6.07) is 6.41. The van der Waals surface area contributed by atoms with Gasteiger partial charge in [0.2, 0.25) is 0 Å². The number of benzene rings is 1. The zero-order valence-electron chi connectivity index (χ0n) is 11.5.